The molecule has 1 fully saturated rings. The van der Waals surface area contributed by atoms with Crippen LogP contribution in [0.5, 0.6) is 23.0 Å². The number of carbonyl (C=O) groups is 1. The topological polar surface area (TPSA) is 65.0 Å². The Balaban J connectivity index is 1.93. The van der Waals surface area contributed by atoms with E-state index in [2.05, 4.69) is 0 Å². The third kappa shape index (κ3) is 4.19. The fourth-order valence-corrected chi connectivity index (χ4v) is 3.34. The van der Waals surface area contributed by atoms with E-state index in [1.165, 1.54) is 0 Å². The van der Waals surface area contributed by atoms with Crippen LogP contribution in [0.25, 0.3) is 12.2 Å². The van der Waals surface area contributed by atoms with Gasteiger partial charge in [0.15, 0.2) is 17.3 Å². The molecule has 2 aromatic carbocycles. The molecule has 1 aliphatic carbocycles. The van der Waals surface area contributed by atoms with Crippen molar-refractivity contribution in [1.82, 2.24) is 0 Å². The number of hydrogen-bond acceptors (Lipinski definition) is 5. The molecule has 0 amide bonds. The van der Waals surface area contributed by atoms with Crippen molar-refractivity contribution in [3.05, 3.63) is 58.7 Å². The molecule has 0 aromatic heterocycles. The summed E-state index contributed by atoms with van der Waals surface area (Å²) in [5.41, 5.74) is 3.25. The van der Waals surface area contributed by atoms with E-state index in [0.717, 1.165) is 41.5 Å². The number of aromatic hydroxyl groups is 1. The number of ether oxygens (including phenoxy) is 3. The van der Waals surface area contributed by atoms with Crippen LogP contribution in [-0.4, -0.2) is 32.2 Å². The standard InChI is InChI=1S/C23H24O5/c1-26-20-13-16(14-21(27-2)23(20)28-3)12-18-6-4-5-17(22(18)25)11-15-7-9-19(24)10-8-15/h7-14,24H,4-6H2,1-3H3/b17-11+,18-12+. The van der Waals surface area contributed by atoms with Gasteiger partial charge in [0.2, 0.25) is 5.75 Å². The molecule has 146 valence electrons. The van der Waals surface area contributed by atoms with Gasteiger partial charge in [-0.3, -0.25) is 4.79 Å². The number of phenolic OH excluding ortho intramolecular Hbond substituents is 1. The molecule has 0 atom stereocenters. The maximum Gasteiger partial charge on any atom is 0.203 e. The van der Waals surface area contributed by atoms with Crippen LogP contribution >= 0.6 is 0 Å². The summed E-state index contributed by atoms with van der Waals surface area (Å²) in [7, 11) is 4.69. The predicted octanol–water partition coefficient (Wildman–Crippen LogP) is 4.64. The van der Waals surface area contributed by atoms with Gasteiger partial charge in [-0.2, -0.15) is 0 Å². The molecule has 3 rings (SSSR count). The lowest BCUT2D eigenvalue weighted by Crippen LogP contribution is -2.12. The van der Waals surface area contributed by atoms with Gasteiger partial charge in [0.1, 0.15) is 5.75 Å². The number of hydrogen-bond donors (Lipinski definition) is 1. The summed E-state index contributed by atoms with van der Waals surface area (Å²) in [5, 5.41) is 9.42. The Labute approximate surface area is 164 Å². The Morgan fingerprint density at radius 1 is 0.821 bits per heavy atom. The first kappa shape index (κ1) is 19.5. The van der Waals surface area contributed by atoms with Gasteiger partial charge in [-0.25, -0.2) is 0 Å². The zero-order chi connectivity index (χ0) is 20.1. The maximum atomic E-state index is 13.0. The molecule has 2 aromatic rings. The highest BCUT2D eigenvalue weighted by Crippen LogP contribution is 2.39. The van der Waals surface area contributed by atoms with E-state index in [0.29, 0.717) is 17.2 Å². The van der Waals surface area contributed by atoms with Crippen molar-refractivity contribution in [3.63, 3.8) is 0 Å². The third-order valence-corrected chi connectivity index (χ3v) is 4.74. The van der Waals surface area contributed by atoms with Crippen molar-refractivity contribution in [3.8, 4) is 23.0 Å². The van der Waals surface area contributed by atoms with Gasteiger partial charge >= 0.3 is 0 Å². The smallest absolute Gasteiger partial charge is 0.203 e. The molecule has 5 heteroatoms. The first-order valence-electron chi connectivity index (χ1n) is 9.10. The van der Waals surface area contributed by atoms with E-state index < -0.39 is 0 Å². The zero-order valence-electron chi connectivity index (χ0n) is 16.3. The Morgan fingerprint density at radius 3 is 1.86 bits per heavy atom. The van der Waals surface area contributed by atoms with Gasteiger partial charge in [0.25, 0.3) is 0 Å². The molecule has 5 nitrogen and oxygen atoms in total. The van der Waals surface area contributed by atoms with Crippen molar-refractivity contribution in [2.75, 3.05) is 21.3 Å². The Bertz CT molecular complexity index is 898. The van der Waals surface area contributed by atoms with E-state index in [9.17, 15) is 9.90 Å². The molecular formula is C23H24O5. The van der Waals surface area contributed by atoms with Gasteiger partial charge in [0.05, 0.1) is 21.3 Å². The molecule has 0 unspecified atom stereocenters. The molecule has 0 heterocycles. The summed E-state index contributed by atoms with van der Waals surface area (Å²) < 4.78 is 16.1. The van der Waals surface area contributed by atoms with Gasteiger partial charge in [0, 0.05) is 11.1 Å². The van der Waals surface area contributed by atoms with Gasteiger partial charge in [-0.05, 0) is 66.8 Å². The van der Waals surface area contributed by atoms with Crippen LogP contribution in [0.3, 0.4) is 0 Å². The van der Waals surface area contributed by atoms with E-state index in [4.69, 9.17) is 14.2 Å². The maximum absolute atomic E-state index is 13.0. The number of Topliss-reactive ketones (excluding diaryl/α,β-unsaturated/α-hetero) is 1. The second-order valence-corrected chi connectivity index (χ2v) is 6.57. The van der Waals surface area contributed by atoms with Crippen molar-refractivity contribution in [2.24, 2.45) is 0 Å². The minimum Gasteiger partial charge on any atom is -0.508 e. The van der Waals surface area contributed by atoms with Crippen molar-refractivity contribution in [1.29, 1.82) is 0 Å². The Kier molecular flexibility index (Phi) is 6.04. The largest absolute Gasteiger partial charge is 0.508 e. The summed E-state index contributed by atoms with van der Waals surface area (Å²) in [4.78, 5) is 13.0. The van der Waals surface area contributed by atoms with E-state index in [-0.39, 0.29) is 11.5 Å². The van der Waals surface area contributed by atoms with Crippen molar-refractivity contribution < 1.29 is 24.1 Å². The fourth-order valence-electron chi connectivity index (χ4n) is 3.34. The summed E-state index contributed by atoms with van der Waals surface area (Å²) >= 11 is 0. The summed E-state index contributed by atoms with van der Waals surface area (Å²) in [6.07, 6.45) is 6.15. The quantitative estimate of drug-likeness (QED) is 0.766. The Morgan fingerprint density at radius 2 is 1.36 bits per heavy atom. The molecule has 0 radical (unpaired) electrons. The summed E-state index contributed by atoms with van der Waals surface area (Å²) in [5.74, 6) is 1.89. The number of methoxy groups -OCH3 is 3. The number of allylic oxidation sites excluding steroid dienone is 2. The van der Waals surface area contributed by atoms with E-state index in [1.807, 2.05) is 24.3 Å². The average molecular weight is 380 g/mol. The molecular weight excluding hydrogens is 356 g/mol. The number of carbonyl (C=O) groups excluding carboxylic acids is 1. The first-order chi connectivity index (χ1) is 13.5. The van der Waals surface area contributed by atoms with Crippen LogP contribution in [0, 0.1) is 0 Å². The van der Waals surface area contributed by atoms with Crippen molar-refractivity contribution in [2.45, 2.75) is 19.3 Å². The molecule has 0 bridgehead atoms. The average Bonchev–Trinajstić information content (AvgIpc) is 2.71. The monoisotopic (exact) mass is 380 g/mol. The molecule has 0 aliphatic heterocycles. The van der Waals surface area contributed by atoms with Crippen LogP contribution in [0.4, 0.5) is 0 Å². The fraction of sp³-hybridized carbons (Fsp3) is 0.261. The van der Waals surface area contributed by atoms with Crippen LogP contribution < -0.4 is 14.2 Å². The number of benzene rings is 2. The SMILES string of the molecule is COc1cc(/C=C2\CCC/C(=C\c3ccc(O)cc3)C2=O)cc(OC)c1OC. The predicted molar refractivity (Wildman–Crippen MR) is 109 cm³/mol. The Hall–Kier alpha value is -3.21. The molecule has 0 spiro atoms. The summed E-state index contributed by atoms with van der Waals surface area (Å²) in [6, 6.07) is 10.5. The summed E-state index contributed by atoms with van der Waals surface area (Å²) in [6.45, 7) is 0. The second-order valence-electron chi connectivity index (χ2n) is 6.57. The van der Waals surface area contributed by atoms with E-state index >= 15 is 0 Å². The van der Waals surface area contributed by atoms with E-state index in [1.54, 1.807) is 45.6 Å². The minimum atomic E-state index is 0.0491. The van der Waals surface area contributed by atoms with Crippen LogP contribution in [0.1, 0.15) is 30.4 Å². The van der Waals surface area contributed by atoms with Gasteiger partial charge in [-0.1, -0.05) is 12.1 Å². The lowest BCUT2D eigenvalue weighted by molar-refractivity contribution is -0.112. The van der Waals surface area contributed by atoms with Crippen LogP contribution in [-0.2, 0) is 4.79 Å². The molecule has 1 aliphatic rings. The number of rotatable bonds is 5. The highest BCUT2D eigenvalue weighted by Gasteiger charge is 2.21. The highest BCUT2D eigenvalue weighted by molar-refractivity contribution is 6.14. The number of phenols is 1. The molecule has 1 saturated carbocycles. The minimum absolute atomic E-state index is 0.0491. The van der Waals surface area contributed by atoms with Crippen LogP contribution in [0.2, 0.25) is 0 Å². The zero-order valence-corrected chi connectivity index (χ0v) is 16.3. The normalized spacial score (nSPS) is 17.0. The van der Waals surface area contributed by atoms with Crippen LogP contribution in [0.15, 0.2) is 47.5 Å². The molecule has 28 heavy (non-hydrogen) atoms. The third-order valence-electron chi connectivity index (χ3n) is 4.74. The molecule has 0 saturated heterocycles. The number of ketones is 1. The second kappa shape index (κ2) is 8.65. The highest BCUT2D eigenvalue weighted by atomic mass is 16.5. The van der Waals surface area contributed by atoms with Crippen molar-refractivity contribution >= 4 is 17.9 Å². The lowest BCUT2D eigenvalue weighted by Gasteiger charge is -2.17. The first-order valence-corrected chi connectivity index (χ1v) is 9.10. The lowest BCUT2D eigenvalue weighted by atomic mass is 9.87. The molecule has 1 N–H and O–H groups in total. The van der Waals surface area contributed by atoms with Gasteiger partial charge in [-0.15, -0.1) is 0 Å². The van der Waals surface area contributed by atoms with Gasteiger partial charge < -0.3 is 19.3 Å².